The number of fused-ring (bicyclic) bond motifs is 2. The van der Waals surface area contributed by atoms with E-state index in [9.17, 15) is 38.1 Å². The average molecular weight is 444 g/mol. The van der Waals surface area contributed by atoms with E-state index >= 15 is 0 Å². The Morgan fingerprint density at radius 1 is 1.10 bits per heavy atom. The molecule has 1 aliphatic carbocycles. The van der Waals surface area contributed by atoms with Crippen LogP contribution >= 0.6 is 0 Å². The smallest absolute Gasteiger partial charge is 0.872 e. The van der Waals surface area contributed by atoms with Crippen molar-refractivity contribution in [3.63, 3.8) is 0 Å². The van der Waals surface area contributed by atoms with Crippen LogP contribution in [0.25, 0.3) is 0 Å². The van der Waals surface area contributed by atoms with Crippen molar-refractivity contribution in [1.82, 2.24) is 0 Å². The zero-order valence-corrected chi connectivity index (χ0v) is 18.6. The van der Waals surface area contributed by atoms with Crippen molar-refractivity contribution >= 4 is 27.9 Å². The molecule has 10 nitrogen and oxygen atoms in total. The van der Waals surface area contributed by atoms with Gasteiger partial charge in [-0.1, -0.05) is 19.1 Å². The Bertz CT molecular complexity index is 1200. The first-order chi connectivity index (χ1) is 13.5. The molecule has 0 bridgehead atoms. The fourth-order valence-corrected chi connectivity index (χ4v) is 3.62. The van der Waals surface area contributed by atoms with E-state index in [0.717, 1.165) is 12.1 Å². The van der Waals surface area contributed by atoms with Crippen LogP contribution in [0, 0.1) is 0 Å². The van der Waals surface area contributed by atoms with Crippen LogP contribution in [0.1, 0.15) is 61.1 Å². The molecule has 3 N–H and O–H groups in total. The SMILES string of the molecule is CCCc1cc2c(c(O)c1C(=O)O)C(=O)c1c([O-])cc(OS(=O)(=O)O)cc1C2=O.[Na+]. The Labute approximate surface area is 192 Å². The van der Waals surface area contributed by atoms with Gasteiger partial charge in [0.1, 0.15) is 17.1 Å². The molecule has 0 saturated heterocycles. The second kappa shape index (κ2) is 8.36. The Morgan fingerprint density at radius 2 is 1.70 bits per heavy atom. The van der Waals surface area contributed by atoms with Crippen LogP contribution in [-0.2, 0) is 16.8 Å². The number of carboxylic acid groups (broad SMARTS) is 1. The molecule has 0 aliphatic heterocycles. The molecule has 0 fully saturated rings. The summed E-state index contributed by atoms with van der Waals surface area (Å²) in [6.45, 7) is 1.74. The zero-order valence-electron chi connectivity index (χ0n) is 15.8. The van der Waals surface area contributed by atoms with Gasteiger partial charge >= 0.3 is 45.9 Å². The number of aryl methyl sites for hydroxylation is 1. The molecule has 12 heteroatoms. The van der Waals surface area contributed by atoms with Crippen LogP contribution in [0.15, 0.2) is 18.2 Å². The molecular formula is C18H13NaO10S. The molecule has 0 saturated carbocycles. The number of ketones is 2. The van der Waals surface area contributed by atoms with Crippen LogP contribution < -0.4 is 38.8 Å². The summed E-state index contributed by atoms with van der Waals surface area (Å²) in [4.78, 5) is 37.3. The number of aromatic carboxylic acids is 1. The van der Waals surface area contributed by atoms with Gasteiger partial charge in [0.2, 0.25) is 0 Å². The van der Waals surface area contributed by atoms with Gasteiger partial charge in [-0.3, -0.25) is 14.1 Å². The number of hydrogen-bond acceptors (Lipinski definition) is 8. The fraction of sp³-hybridized carbons (Fsp3) is 0.167. The predicted molar refractivity (Wildman–Crippen MR) is 94.0 cm³/mol. The van der Waals surface area contributed by atoms with Crippen molar-refractivity contribution in [3.8, 4) is 17.2 Å². The summed E-state index contributed by atoms with van der Waals surface area (Å²) in [6.07, 6.45) is 0.670. The summed E-state index contributed by atoms with van der Waals surface area (Å²) in [5, 5.41) is 32.1. The number of carbonyl (C=O) groups excluding carboxylic acids is 2. The van der Waals surface area contributed by atoms with Crippen LogP contribution in [0.5, 0.6) is 17.2 Å². The maximum Gasteiger partial charge on any atom is 1.00 e. The van der Waals surface area contributed by atoms with Gasteiger partial charge in [-0.2, -0.15) is 8.42 Å². The quantitative estimate of drug-likeness (QED) is 0.297. The molecule has 0 unspecified atom stereocenters. The topological polar surface area (TPSA) is 178 Å². The van der Waals surface area contributed by atoms with Crippen LogP contribution in [-0.4, -0.2) is 40.7 Å². The van der Waals surface area contributed by atoms with Gasteiger partial charge in [-0.25, -0.2) is 4.79 Å². The third-order valence-corrected chi connectivity index (χ3v) is 4.74. The van der Waals surface area contributed by atoms with E-state index < -0.39 is 67.4 Å². The number of hydrogen-bond donors (Lipinski definition) is 3. The van der Waals surface area contributed by atoms with Gasteiger partial charge in [0.25, 0.3) is 0 Å². The summed E-state index contributed by atoms with van der Waals surface area (Å²) in [7, 11) is -4.99. The van der Waals surface area contributed by atoms with Crippen molar-refractivity contribution in [2.75, 3.05) is 0 Å². The van der Waals surface area contributed by atoms with Crippen molar-refractivity contribution in [3.05, 3.63) is 51.6 Å². The predicted octanol–water partition coefficient (Wildman–Crippen LogP) is -1.92. The van der Waals surface area contributed by atoms with E-state index in [4.69, 9.17) is 4.55 Å². The van der Waals surface area contributed by atoms with E-state index in [1.54, 1.807) is 6.92 Å². The number of benzene rings is 2. The first kappa shape index (κ1) is 23.8. The number of carbonyl (C=O) groups is 3. The zero-order chi connectivity index (χ0) is 21.7. The summed E-state index contributed by atoms with van der Waals surface area (Å²) in [5.74, 6) is -6.18. The Kier molecular flexibility index (Phi) is 6.64. The standard InChI is InChI=1S/C18H14O10S.Na/c1-2-3-7-4-9-14(16(21)12(7)18(23)24)17(22)13-10(15(9)20)5-8(6-11(13)19)28-29(25,26)27;/h4-6,19,21H,2-3H2,1H3,(H,23,24)(H,25,26,27);/q;+1/p-1. The minimum Gasteiger partial charge on any atom is -0.872 e. The van der Waals surface area contributed by atoms with Gasteiger partial charge < -0.3 is 19.5 Å². The molecular weight excluding hydrogens is 431 g/mol. The van der Waals surface area contributed by atoms with Crippen molar-refractivity contribution in [2.24, 2.45) is 0 Å². The normalized spacial score (nSPS) is 12.6. The number of aromatic hydroxyl groups is 1. The van der Waals surface area contributed by atoms with Gasteiger partial charge in [0, 0.05) is 16.7 Å². The van der Waals surface area contributed by atoms with Gasteiger partial charge in [-0.05, 0) is 30.2 Å². The molecule has 0 atom stereocenters. The Hall–Kier alpha value is -2.44. The van der Waals surface area contributed by atoms with Crippen molar-refractivity contribution in [1.29, 1.82) is 0 Å². The van der Waals surface area contributed by atoms with Gasteiger partial charge in [0.15, 0.2) is 11.6 Å². The Morgan fingerprint density at radius 3 is 2.23 bits per heavy atom. The number of carboxylic acids is 1. The molecule has 0 heterocycles. The second-order valence-electron chi connectivity index (χ2n) is 6.25. The molecule has 2 aromatic rings. The maximum atomic E-state index is 12.9. The van der Waals surface area contributed by atoms with Crippen molar-refractivity contribution in [2.45, 2.75) is 19.8 Å². The maximum absolute atomic E-state index is 12.9. The Balaban J connectivity index is 0.00000320. The first-order valence-corrected chi connectivity index (χ1v) is 9.56. The summed E-state index contributed by atoms with van der Waals surface area (Å²) in [5.41, 5.74) is -2.50. The van der Waals surface area contributed by atoms with E-state index in [0.29, 0.717) is 12.5 Å². The molecule has 0 radical (unpaired) electrons. The molecule has 152 valence electrons. The summed E-state index contributed by atoms with van der Waals surface area (Å²) in [6, 6.07) is 2.53. The van der Waals surface area contributed by atoms with E-state index in [1.165, 1.54) is 0 Å². The van der Waals surface area contributed by atoms with E-state index in [1.807, 2.05) is 0 Å². The molecule has 0 spiro atoms. The third-order valence-electron chi connectivity index (χ3n) is 4.34. The van der Waals surface area contributed by atoms with Crippen LogP contribution in [0.3, 0.4) is 0 Å². The van der Waals surface area contributed by atoms with Crippen LogP contribution in [0.4, 0.5) is 0 Å². The minimum atomic E-state index is -4.99. The fourth-order valence-electron chi connectivity index (χ4n) is 3.28. The van der Waals surface area contributed by atoms with Gasteiger partial charge in [-0.15, -0.1) is 0 Å². The third kappa shape index (κ3) is 4.07. The molecule has 2 aromatic carbocycles. The first-order valence-electron chi connectivity index (χ1n) is 8.19. The second-order valence-corrected chi connectivity index (χ2v) is 7.27. The van der Waals surface area contributed by atoms with E-state index in [-0.39, 0.29) is 47.1 Å². The van der Waals surface area contributed by atoms with Crippen LogP contribution in [0.2, 0.25) is 0 Å². The molecule has 0 aromatic heterocycles. The largest absolute Gasteiger partial charge is 1.00 e. The average Bonchev–Trinajstić information content (AvgIpc) is 2.57. The molecule has 0 amide bonds. The van der Waals surface area contributed by atoms with Crippen molar-refractivity contribution < 1.29 is 76.4 Å². The van der Waals surface area contributed by atoms with Gasteiger partial charge in [0.05, 0.1) is 5.56 Å². The van der Waals surface area contributed by atoms with E-state index in [2.05, 4.69) is 4.18 Å². The molecule has 1 aliphatic rings. The molecule has 3 rings (SSSR count). The number of rotatable bonds is 5. The minimum absolute atomic E-state index is 0. The summed E-state index contributed by atoms with van der Waals surface area (Å²) < 4.78 is 34.7. The number of phenols is 1. The monoisotopic (exact) mass is 444 g/mol. The summed E-state index contributed by atoms with van der Waals surface area (Å²) >= 11 is 0. The molecule has 30 heavy (non-hydrogen) atoms.